The average molecular weight is 309 g/mol. The fourth-order valence-corrected chi connectivity index (χ4v) is 1.92. The van der Waals surface area contributed by atoms with E-state index in [4.69, 9.17) is 17.3 Å². The minimum absolute atomic E-state index is 0.0893. The molecule has 2 atom stereocenters. The number of anilines is 1. The molecule has 112 valence electrons. The lowest BCUT2D eigenvalue weighted by molar-refractivity contribution is -0.118. The molecule has 0 aliphatic rings. The maximum absolute atomic E-state index is 12.1. The van der Waals surface area contributed by atoms with E-state index in [1.54, 1.807) is 18.2 Å². The standard InChI is InChI=1S/C13H17ClN6O/c1-3-8(2)12(15)13(21)17-11-6-9(4-5-10(11)14)20-7-16-18-19-20/h4-8,12H,3,15H2,1-2H3,(H,17,21). The zero-order valence-electron chi connectivity index (χ0n) is 11.8. The van der Waals surface area contributed by atoms with Gasteiger partial charge in [0.05, 0.1) is 22.4 Å². The summed E-state index contributed by atoms with van der Waals surface area (Å²) in [5, 5.41) is 14.1. The van der Waals surface area contributed by atoms with Gasteiger partial charge in [0.15, 0.2) is 0 Å². The van der Waals surface area contributed by atoms with Crippen LogP contribution in [0.4, 0.5) is 5.69 Å². The van der Waals surface area contributed by atoms with Gasteiger partial charge in [-0.15, -0.1) is 5.10 Å². The molecule has 3 N–H and O–H groups in total. The van der Waals surface area contributed by atoms with Gasteiger partial charge in [-0.05, 0) is 34.5 Å². The molecule has 2 unspecified atom stereocenters. The molecular weight excluding hydrogens is 292 g/mol. The summed E-state index contributed by atoms with van der Waals surface area (Å²) in [7, 11) is 0. The average Bonchev–Trinajstić information content (AvgIpc) is 3.02. The molecule has 0 aliphatic heterocycles. The predicted molar refractivity (Wildman–Crippen MR) is 80.2 cm³/mol. The molecule has 0 saturated heterocycles. The minimum atomic E-state index is -0.581. The first-order valence-electron chi connectivity index (χ1n) is 6.62. The van der Waals surface area contributed by atoms with Crippen molar-refractivity contribution in [2.24, 2.45) is 11.7 Å². The number of aromatic nitrogens is 4. The van der Waals surface area contributed by atoms with Crippen molar-refractivity contribution in [2.45, 2.75) is 26.3 Å². The Morgan fingerprint density at radius 2 is 2.29 bits per heavy atom. The predicted octanol–water partition coefficient (Wildman–Crippen LogP) is 1.63. The number of carbonyl (C=O) groups excluding carboxylic acids is 1. The van der Waals surface area contributed by atoms with E-state index in [0.29, 0.717) is 16.4 Å². The fraction of sp³-hybridized carbons (Fsp3) is 0.385. The highest BCUT2D eigenvalue weighted by atomic mass is 35.5. The van der Waals surface area contributed by atoms with Crippen LogP contribution in [0.2, 0.25) is 5.02 Å². The maximum atomic E-state index is 12.1. The molecule has 0 radical (unpaired) electrons. The second kappa shape index (κ2) is 6.64. The third-order valence-electron chi connectivity index (χ3n) is 3.38. The molecule has 0 saturated carbocycles. The molecule has 8 heteroatoms. The van der Waals surface area contributed by atoms with Crippen LogP contribution >= 0.6 is 11.6 Å². The van der Waals surface area contributed by atoms with Crippen LogP contribution < -0.4 is 11.1 Å². The van der Waals surface area contributed by atoms with Crippen molar-refractivity contribution in [1.29, 1.82) is 0 Å². The number of amides is 1. The van der Waals surface area contributed by atoms with E-state index in [1.165, 1.54) is 11.0 Å². The van der Waals surface area contributed by atoms with Crippen LogP contribution in [0.25, 0.3) is 5.69 Å². The molecule has 2 aromatic rings. The molecule has 0 spiro atoms. The van der Waals surface area contributed by atoms with Crippen molar-refractivity contribution in [2.75, 3.05) is 5.32 Å². The highest BCUT2D eigenvalue weighted by molar-refractivity contribution is 6.33. The number of hydrogen-bond donors (Lipinski definition) is 2. The number of carbonyl (C=O) groups is 1. The SMILES string of the molecule is CCC(C)C(N)C(=O)Nc1cc(-n2cnnn2)ccc1Cl. The lowest BCUT2D eigenvalue weighted by Crippen LogP contribution is -2.40. The van der Waals surface area contributed by atoms with E-state index in [-0.39, 0.29) is 11.8 Å². The van der Waals surface area contributed by atoms with Gasteiger partial charge in [0.25, 0.3) is 0 Å². The number of nitrogens with one attached hydrogen (secondary N) is 1. The quantitative estimate of drug-likeness (QED) is 0.874. The fourth-order valence-electron chi connectivity index (χ4n) is 1.76. The number of nitrogens with two attached hydrogens (primary N) is 1. The van der Waals surface area contributed by atoms with Crippen molar-refractivity contribution < 1.29 is 4.79 Å². The Kier molecular flexibility index (Phi) is 4.87. The van der Waals surface area contributed by atoms with Gasteiger partial charge in [0.1, 0.15) is 6.33 Å². The highest BCUT2D eigenvalue weighted by Crippen LogP contribution is 2.25. The van der Waals surface area contributed by atoms with Crippen molar-refractivity contribution in [1.82, 2.24) is 20.2 Å². The molecule has 1 aromatic carbocycles. The number of hydrogen-bond acceptors (Lipinski definition) is 5. The summed E-state index contributed by atoms with van der Waals surface area (Å²) in [5.74, 6) is -0.174. The van der Waals surface area contributed by atoms with Gasteiger partial charge >= 0.3 is 0 Å². The molecule has 7 nitrogen and oxygen atoms in total. The van der Waals surface area contributed by atoms with Crippen LogP contribution in [0.15, 0.2) is 24.5 Å². The molecule has 1 aromatic heterocycles. The number of tetrazole rings is 1. The molecule has 0 bridgehead atoms. The van der Waals surface area contributed by atoms with E-state index < -0.39 is 6.04 Å². The number of benzene rings is 1. The van der Waals surface area contributed by atoms with Crippen molar-refractivity contribution >= 4 is 23.2 Å². The van der Waals surface area contributed by atoms with Gasteiger partial charge in [-0.2, -0.15) is 0 Å². The summed E-state index contributed by atoms with van der Waals surface area (Å²) in [4.78, 5) is 12.1. The maximum Gasteiger partial charge on any atom is 0.241 e. The van der Waals surface area contributed by atoms with Gasteiger partial charge < -0.3 is 11.1 Å². The zero-order valence-corrected chi connectivity index (χ0v) is 12.6. The Labute approximate surface area is 127 Å². The van der Waals surface area contributed by atoms with E-state index in [2.05, 4.69) is 20.8 Å². The summed E-state index contributed by atoms with van der Waals surface area (Å²) < 4.78 is 1.47. The molecule has 0 aliphatic carbocycles. The summed E-state index contributed by atoms with van der Waals surface area (Å²) in [6, 6.07) is 4.54. The monoisotopic (exact) mass is 308 g/mol. The van der Waals surface area contributed by atoms with Gasteiger partial charge in [0, 0.05) is 0 Å². The Bertz CT molecular complexity index is 615. The van der Waals surface area contributed by atoms with Crippen LogP contribution in [-0.4, -0.2) is 32.2 Å². The van der Waals surface area contributed by atoms with E-state index in [9.17, 15) is 4.79 Å². The minimum Gasteiger partial charge on any atom is -0.323 e. The summed E-state index contributed by atoms with van der Waals surface area (Å²) in [6.45, 7) is 3.92. The zero-order chi connectivity index (χ0) is 15.4. The summed E-state index contributed by atoms with van der Waals surface area (Å²) in [5.41, 5.74) is 7.08. The Balaban J connectivity index is 2.20. The van der Waals surface area contributed by atoms with Crippen LogP contribution in [-0.2, 0) is 4.79 Å². The highest BCUT2D eigenvalue weighted by Gasteiger charge is 2.20. The van der Waals surface area contributed by atoms with Crippen molar-refractivity contribution in [3.8, 4) is 5.69 Å². The third kappa shape index (κ3) is 3.56. The van der Waals surface area contributed by atoms with E-state index >= 15 is 0 Å². The molecule has 1 amide bonds. The first-order chi connectivity index (χ1) is 10.0. The lowest BCUT2D eigenvalue weighted by atomic mass is 9.99. The van der Waals surface area contributed by atoms with E-state index in [1.807, 2.05) is 13.8 Å². The van der Waals surface area contributed by atoms with Gasteiger partial charge in [-0.1, -0.05) is 31.9 Å². The summed E-state index contributed by atoms with van der Waals surface area (Å²) >= 11 is 6.10. The van der Waals surface area contributed by atoms with Crippen LogP contribution in [0, 0.1) is 5.92 Å². The van der Waals surface area contributed by atoms with Crippen LogP contribution in [0.1, 0.15) is 20.3 Å². The molecule has 0 fully saturated rings. The van der Waals surface area contributed by atoms with Gasteiger partial charge in [0.2, 0.25) is 5.91 Å². The Morgan fingerprint density at radius 3 is 2.90 bits per heavy atom. The van der Waals surface area contributed by atoms with Gasteiger partial charge in [-0.25, -0.2) is 4.68 Å². The number of nitrogens with zero attached hydrogens (tertiary/aromatic N) is 4. The number of halogens is 1. The third-order valence-corrected chi connectivity index (χ3v) is 3.71. The van der Waals surface area contributed by atoms with Gasteiger partial charge in [-0.3, -0.25) is 4.79 Å². The van der Waals surface area contributed by atoms with Crippen molar-refractivity contribution in [3.63, 3.8) is 0 Å². The smallest absolute Gasteiger partial charge is 0.241 e. The molecule has 21 heavy (non-hydrogen) atoms. The Morgan fingerprint density at radius 1 is 1.52 bits per heavy atom. The van der Waals surface area contributed by atoms with Crippen molar-refractivity contribution in [3.05, 3.63) is 29.5 Å². The molecule has 1 heterocycles. The van der Waals surface area contributed by atoms with E-state index in [0.717, 1.165) is 6.42 Å². The lowest BCUT2D eigenvalue weighted by Gasteiger charge is -2.18. The second-order valence-electron chi connectivity index (χ2n) is 4.82. The second-order valence-corrected chi connectivity index (χ2v) is 5.23. The first kappa shape index (κ1) is 15.4. The number of rotatable bonds is 5. The topological polar surface area (TPSA) is 98.7 Å². The largest absolute Gasteiger partial charge is 0.323 e. The normalized spacial score (nSPS) is 13.7. The first-order valence-corrected chi connectivity index (χ1v) is 7.00. The molecule has 2 rings (SSSR count). The van der Waals surface area contributed by atoms with Crippen LogP contribution in [0.5, 0.6) is 0 Å². The van der Waals surface area contributed by atoms with Crippen LogP contribution in [0.3, 0.4) is 0 Å². The Hall–Kier alpha value is -1.99. The molecular formula is C13H17ClN6O. The summed E-state index contributed by atoms with van der Waals surface area (Å²) in [6.07, 6.45) is 2.28.